The van der Waals surface area contributed by atoms with Gasteiger partial charge in [-0.1, -0.05) is 18.5 Å². The minimum Gasteiger partial charge on any atom is -0.330 e. The fourth-order valence-corrected chi connectivity index (χ4v) is 1.35. The first-order valence-corrected chi connectivity index (χ1v) is 4.57. The van der Waals surface area contributed by atoms with E-state index in [9.17, 15) is 0 Å². The largest absolute Gasteiger partial charge is 0.330 e. The third-order valence-corrected chi connectivity index (χ3v) is 2.24. The summed E-state index contributed by atoms with van der Waals surface area (Å²) in [7, 11) is 0. The smallest absolute Gasteiger partial charge is 0.130 e. The van der Waals surface area contributed by atoms with Crippen molar-refractivity contribution in [2.24, 2.45) is 5.73 Å². The van der Waals surface area contributed by atoms with Crippen LogP contribution < -0.4 is 5.73 Å². The molecule has 0 unspecified atom stereocenters. The molecule has 0 aromatic carbocycles. The average Bonchev–Trinajstić information content (AvgIpc) is 2.43. The van der Waals surface area contributed by atoms with Gasteiger partial charge < -0.3 is 5.73 Å². The lowest BCUT2D eigenvalue weighted by Crippen LogP contribution is -2.06. The summed E-state index contributed by atoms with van der Waals surface area (Å²) in [5, 5.41) is 4.91. The number of nitrogens with zero attached hydrogens (tertiary/aromatic N) is 2. The van der Waals surface area contributed by atoms with Crippen molar-refractivity contribution in [1.82, 2.24) is 9.78 Å². The molecule has 0 bridgehead atoms. The Morgan fingerprint density at radius 2 is 2.42 bits per heavy atom. The van der Waals surface area contributed by atoms with Crippen molar-refractivity contribution >= 4 is 11.6 Å². The highest BCUT2D eigenvalue weighted by atomic mass is 35.5. The minimum absolute atomic E-state index is 0.678. The van der Waals surface area contributed by atoms with E-state index in [1.165, 1.54) is 0 Å². The number of aromatic nitrogens is 2. The Bertz CT molecular complexity index is 244. The molecular formula is C8H14ClN3. The van der Waals surface area contributed by atoms with E-state index in [4.69, 9.17) is 17.3 Å². The van der Waals surface area contributed by atoms with Gasteiger partial charge in [0.25, 0.3) is 0 Å². The van der Waals surface area contributed by atoms with Crippen molar-refractivity contribution in [3.63, 3.8) is 0 Å². The molecule has 0 amide bonds. The lowest BCUT2D eigenvalue weighted by molar-refractivity contribution is 0.585. The monoisotopic (exact) mass is 187 g/mol. The van der Waals surface area contributed by atoms with Crippen molar-refractivity contribution in [2.75, 3.05) is 6.54 Å². The Hall–Kier alpha value is -0.540. The van der Waals surface area contributed by atoms with Crippen LogP contribution in [0.4, 0.5) is 0 Å². The lowest BCUT2D eigenvalue weighted by atomic mass is 10.3. The van der Waals surface area contributed by atoms with E-state index in [1.807, 2.05) is 6.20 Å². The van der Waals surface area contributed by atoms with Crippen LogP contribution in [0.3, 0.4) is 0 Å². The van der Waals surface area contributed by atoms with E-state index in [1.54, 1.807) is 4.68 Å². The van der Waals surface area contributed by atoms with Crippen LogP contribution in [0.1, 0.15) is 18.9 Å². The summed E-state index contributed by atoms with van der Waals surface area (Å²) in [5.74, 6) is 0. The quantitative estimate of drug-likeness (QED) is 0.776. The van der Waals surface area contributed by atoms with Gasteiger partial charge in [-0.3, -0.25) is 4.68 Å². The van der Waals surface area contributed by atoms with E-state index in [2.05, 4.69) is 12.0 Å². The topological polar surface area (TPSA) is 43.8 Å². The third-order valence-electron chi connectivity index (χ3n) is 1.80. The fourth-order valence-electron chi connectivity index (χ4n) is 1.04. The van der Waals surface area contributed by atoms with Crippen LogP contribution in [-0.2, 0) is 13.0 Å². The predicted octanol–water partition coefficient (Wildman–Crippen LogP) is 1.45. The molecule has 4 heteroatoms. The van der Waals surface area contributed by atoms with Crippen LogP contribution in [0.2, 0.25) is 5.15 Å². The summed E-state index contributed by atoms with van der Waals surface area (Å²) >= 11 is 6.02. The first-order chi connectivity index (χ1) is 5.79. The van der Waals surface area contributed by atoms with Crippen molar-refractivity contribution in [3.8, 4) is 0 Å². The van der Waals surface area contributed by atoms with E-state index >= 15 is 0 Å². The van der Waals surface area contributed by atoms with Gasteiger partial charge >= 0.3 is 0 Å². The Morgan fingerprint density at radius 1 is 1.67 bits per heavy atom. The van der Waals surface area contributed by atoms with Crippen LogP contribution in [0.25, 0.3) is 0 Å². The van der Waals surface area contributed by atoms with Crippen LogP contribution in [0.5, 0.6) is 0 Å². The molecule has 68 valence electrons. The molecule has 0 saturated heterocycles. The number of hydrogen-bond acceptors (Lipinski definition) is 2. The van der Waals surface area contributed by atoms with E-state index in [-0.39, 0.29) is 0 Å². The molecule has 1 rings (SSSR count). The average molecular weight is 188 g/mol. The summed E-state index contributed by atoms with van der Waals surface area (Å²) in [6, 6.07) is 0. The van der Waals surface area contributed by atoms with E-state index in [0.717, 1.165) is 30.1 Å². The highest BCUT2D eigenvalue weighted by Gasteiger charge is 2.04. The summed E-state index contributed by atoms with van der Waals surface area (Å²) < 4.78 is 1.80. The first kappa shape index (κ1) is 9.55. The van der Waals surface area contributed by atoms with Crippen molar-refractivity contribution in [1.29, 1.82) is 0 Å². The number of nitrogens with two attached hydrogens (primary N) is 1. The summed E-state index contributed by atoms with van der Waals surface area (Å²) in [6.07, 6.45) is 3.67. The second-order valence-electron chi connectivity index (χ2n) is 2.68. The van der Waals surface area contributed by atoms with Crippen molar-refractivity contribution < 1.29 is 0 Å². The molecule has 0 aliphatic heterocycles. The third kappa shape index (κ3) is 1.99. The normalized spacial score (nSPS) is 10.6. The minimum atomic E-state index is 0.678. The van der Waals surface area contributed by atoms with Gasteiger partial charge in [-0.05, 0) is 19.4 Å². The molecule has 1 aromatic rings. The van der Waals surface area contributed by atoms with Crippen LogP contribution in [-0.4, -0.2) is 16.3 Å². The molecule has 1 heterocycles. The maximum Gasteiger partial charge on any atom is 0.130 e. The number of halogens is 1. The van der Waals surface area contributed by atoms with Crippen molar-refractivity contribution in [2.45, 2.75) is 26.3 Å². The highest BCUT2D eigenvalue weighted by molar-refractivity contribution is 6.30. The maximum atomic E-state index is 6.02. The van der Waals surface area contributed by atoms with E-state index < -0.39 is 0 Å². The molecule has 2 N–H and O–H groups in total. The number of aryl methyl sites for hydroxylation is 2. The van der Waals surface area contributed by atoms with Crippen LogP contribution in [0, 0.1) is 0 Å². The van der Waals surface area contributed by atoms with Gasteiger partial charge in [-0.15, -0.1) is 0 Å². The van der Waals surface area contributed by atoms with Crippen LogP contribution >= 0.6 is 11.6 Å². The highest BCUT2D eigenvalue weighted by Crippen LogP contribution is 2.15. The van der Waals surface area contributed by atoms with Gasteiger partial charge in [-0.2, -0.15) is 5.10 Å². The molecule has 0 fully saturated rings. The lowest BCUT2D eigenvalue weighted by Gasteiger charge is -2.00. The predicted molar refractivity (Wildman–Crippen MR) is 50.3 cm³/mol. The van der Waals surface area contributed by atoms with E-state index in [0.29, 0.717) is 6.54 Å². The first-order valence-electron chi connectivity index (χ1n) is 4.19. The Kier molecular flexibility index (Phi) is 3.56. The second-order valence-corrected chi connectivity index (χ2v) is 3.04. The summed E-state index contributed by atoms with van der Waals surface area (Å²) in [6.45, 7) is 3.56. The summed E-state index contributed by atoms with van der Waals surface area (Å²) in [5.41, 5.74) is 6.49. The number of rotatable bonds is 4. The summed E-state index contributed by atoms with van der Waals surface area (Å²) in [4.78, 5) is 0. The van der Waals surface area contributed by atoms with Crippen molar-refractivity contribution in [3.05, 3.63) is 16.9 Å². The van der Waals surface area contributed by atoms with Gasteiger partial charge in [0.2, 0.25) is 0 Å². The standard InChI is InChI=1S/C8H14ClN3/c1-2-7-6-11-12(8(7)9)5-3-4-10/h6H,2-5,10H2,1H3. The Balaban J connectivity index is 2.66. The second kappa shape index (κ2) is 4.48. The Labute approximate surface area is 77.5 Å². The fraction of sp³-hybridized carbons (Fsp3) is 0.625. The van der Waals surface area contributed by atoms with Gasteiger partial charge in [0.1, 0.15) is 5.15 Å². The molecular weight excluding hydrogens is 174 g/mol. The Morgan fingerprint density at radius 3 is 2.92 bits per heavy atom. The molecule has 0 radical (unpaired) electrons. The molecule has 0 aliphatic rings. The number of hydrogen-bond donors (Lipinski definition) is 1. The molecule has 1 aromatic heterocycles. The van der Waals surface area contributed by atoms with Gasteiger partial charge in [-0.25, -0.2) is 0 Å². The van der Waals surface area contributed by atoms with Gasteiger partial charge in [0, 0.05) is 12.1 Å². The molecule has 12 heavy (non-hydrogen) atoms. The van der Waals surface area contributed by atoms with Crippen LogP contribution in [0.15, 0.2) is 6.20 Å². The van der Waals surface area contributed by atoms with Gasteiger partial charge in [0.15, 0.2) is 0 Å². The SMILES string of the molecule is CCc1cnn(CCCN)c1Cl. The molecule has 3 nitrogen and oxygen atoms in total. The molecule has 0 atom stereocenters. The van der Waals surface area contributed by atoms with Gasteiger partial charge in [0.05, 0.1) is 6.20 Å². The maximum absolute atomic E-state index is 6.02. The molecule has 0 spiro atoms. The molecule has 0 saturated carbocycles. The zero-order chi connectivity index (χ0) is 8.97. The molecule has 0 aliphatic carbocycles. The zero-order valence-electron chi connectivity index (χ0n) is 7.26. The zero-order valence-corrected chi connectivity index (χ0v) is 8.01.